The lowest BCUT2D eigenvalue weighted by Crippen LogP contribution is -2.36. The minimum atomic E-state index is 0.458. The van der Waals surface area contributed by atoms with Crippen molar-refractivity contribution < 1.29 is 4.57 Å². The summed E-state index contributed by atoms with van der Waals surface area (Å²) in [5.74, 6) is 1.24. The van der Waals surface area contributed by atoms with Crippen molar-refractivity contribution >= 4 is 0 Å². The van der Waals surface area contributed by atoms with Crippen molar-refractivity contribution in [2.75, 3.05) is 0 Å². The summed E-state index contributed by atoms with van der Waals surface area (Å²) in [7, 11) is 0. The summed E-state index contributed by atoms with van der Waals surface area (Å²) in [4.78, 5) is 0. The lowest BCUT2D eigenvalue weighted by Gasteiger charge is -1.98. The molecule has 1 rings (SSSR count). The third kappa shape index (κ3) is 2.09. The predicted octanol–water partition coefficient (Wildman–Crippen LogP) is 1.27. The number of aromatic nitrogens is 2. The number of nitriles is 1. The maximum absolute atomic E-state index is 8.60. The minimum absolute atomic E-state index is 0.458. The van der Waals surface area contributed by atoms with E-state index in [4.69, 9.17) is 5.26 Å². The average molecular weight is 178 g/mol. The molecular weight excluding hydrogens is 162 g/mol. The third-order valence-corrected chi connectivity index (χ3v) is 2.11. The van der Waals surface area contributed by atoms with Gasteiger partial charge in [0, 0.05) is 6.42 Å². The van der Waals surface area contributed by atoms with Crippen LogP contribution in [0.4, 0.5) is 0 Å². The van der Waals surface area contributed by atoms with Gasteiger partial charge in [-0.25, -0.2) is 9.13 Å². The van der Waals surface area contributed by atoms with E-state index in [1.807, 2.05) is 10.8 Å². The van der Waals surface area contributed by atoms with Crippen LogP contribution in [-0.4, -0.2) is 4.57 Å². The van der Waals surface area contributed by atoms with Gasteiger partial charge in [-0.15, -0.1) is 0 Å². The molecule has 0 aliphatic heterocycles. The molecular formula is C10H16N3+. The van der Waals surface area contributed by atoms with Gasteiger partial charge in [0.1, 0.15) is 18.5 Å². The van der Waals surface area contributed by atoms with Crippen LogP contribution in [0.3, 0.4) is 0 Å². The quantitative estimate of drug-likeness (QED) is 0.639. The molecule has 0 saturated heterocycles. The highest BCUT2D eigenvalue weighted by atomic mass is 15.1. The third-order valence-electron chi connectivity index (χ3n) is 2.11. The van der Waals surface area contributed by atoms with E-state index in [2.05, 4.69) is 30.7 Å². The Morgan fingerprint density at radius 2 is 2.31 bits per heavy atom. The van der Waals surface area contributed by atoms with Crippen molar-refractivity contribution in [3.63, 3.8) is 0 Å². The molecule has 3 nitrogen and oxygen atoms in total. The molecule has 0 saturated carbocycles. The van der Waals surface area contributed by atoms with Gasteiger partial charge in [0.15, 0.2) is 6.54 Å². The fourth-order valence-corrected chi connectivity index (χ4v) is 1.57. The molecule has 0 spiro atoms. The van der Waals surface area contributed by atoms with Gasteiger partial charge in [0.25, 0.3) is 5.82 Å². The molecule has 0 N–H and O–H groups in total. The monoisotopic (exact) mass is 178 g/mol. The maximum atomic E-state index is 8.60. The van der Waals surface area contributed by atoms with Gasteiger partial charge in [0.05, 0.1) is 6.54 Å². The fourth-order valence-electron chi connectivity index (χ4n) is 1.57. The first-order chi connectivity index (χ1) is 6.33. The molecule has 0 bridgehead atoms. The van der Waals surface area contributed by atoms with Crippen LogP contribution in [0.1, 0.15) is 26.1 Å². The molecule has 0 amide bonds. The molecule has 1 aromatic rings. The SMILES string of the molecule is CCC[n+]1ccn(CC#N)c1CC. The molecule has 1 aromatic heterocycles. The average Bonchev–Trinajstić information content (AvgIpc) is 2.49. The van der Waals surface area contributed by atoms with Gasteiger partial charge in [0.2, 0.25) is 0 Å². The van der Waals surface area contributed by atoms with Crippen molar-refractivity contribution in [1.29, 1.82) is 5.26 Å². The first-order valence-electron chi connectivity index (χ1n) is 4.77. The highest BCUT2D eigenvalue weighted by Gasteiger charge is 2.13. The standard InChI is InChI=1S/C10H16N3/c1-3-6-12-8-9-13(7-5-11)10(12)4-2/h8-9H,3-4,6-7H2,1-2H3/q+1. The lowest BCUT2D eigenvalue weighted by molar-refractivity contribution is -0.703. The van der Waals surface area contributed by atoms with E-state index < -0.39 is 0 Å². The molecule has 70 valence electrons. The molecule has 0 aromatic carbocycles. The molecule has 0 unspecified atom stereocenters. The van der Waals surface area contributed by atoms with Gasteiger partial charge in [-0.2, -0.15) is 5.26 Å². The Bertz CT molecular complexity index is 306. The van der Waals surface area contributed by atoms with E-state index in [1.165, 1.54) is 5.82 Å². The lowest BCUT2D eigenvalue weighted by atomic mass is 10.4. The van der Waals surface area contributed by atoms with Crippen LogP contribution in [-0.2, 0) is 19.5 Å². The number of nitrogens with zero attached hydrogens (tertiary/aromatic N) is 3. The summed E-state index contributed by atoms with van der Waals surface area (Å²) in [5, 5.41) is 8.60. The van der Waals surface area contributed by atoms with Crippen molar-refractivity contribution in [3.8, 4) is 6.07 Å². The molecule has 3 heteroatoms. The highest BCUT2D eigenvalue weighted by Crippen LogP contribution is 1.96. The van der Waals surface area contributed by atoms with Gasteiger partial charge >= 0.3 is 0 Å². The van der Waals surface area contributed by atoms with E-state index in [-0.39, 0.29) is 0 Å². The van der Waals surface area contributed by atoms with Crippen LogP contribution in [0.2, 0.25) is 0 Å². The van der Waals surface area contributed by atoms with Crippen LogP contribution in [0, 0.1) is 11.3 Å². The second-order valence-electron chi connectivity index (χ2n) is 3.05. The second-order valence-corrected chi connectivity index (χ2v) is 3.05. The second kappa shape index (κ2) is 4.66. The van der Waals surface area contributed by atoms with Crippen LogP contribution in [0.25, 0.3) is 0 Å². The Hall–Kier alpha value is -1.30. The summed E-state index contributed by atoms with van der Waals surface area (Å²) < 4.78 is 4.23. The van der Waals surface area contributed by atoms with E-state index in [9.17, 15) is 0 Å². The van der Waals surface area contributed by atoms with E-state index >= 15 is 0 Å². The number of imidazole rings is 1. The first kappa shape index (κ1) is 9.79. The molecule has 0 atom stereocenters. The van der Waals surface area contributed by atoms with E-state index in [0.717, 1.165) is 19.4 Å². The molecule has 0 radical (unpaired) electrons. The van der Waals surface area contributed by atoms with Gasteiger partial charge in [-0.3, -0.25) is 0 Å². The first-order valence-corrected chi connectivity index (χ1v) is 4.77. The molecule has 13 heavy (non-hydrogen) atoms. The van der Waals surface area contributed by atoms with Crippen LogP contribution in [0.15, 0.2) is 12.4 Å². The maximum Gasteiger partial charge on any atom is 0.256 e. The Kier molecular flexibility index (Phi) is 3.51. The topological polar surface area (TPSA) is 32.6 Å². The largest absolute Gasteiger partial charge is 0.256 e. The summed E-state index contributed by atoms with van der Waals surface area (Å²) in [6.45, 7) is 5.78. The van der Waals surface area contributed by atoms with Gasteiger partial charge in [-0.1, -0.05) is 13.8 Å². The minimum Gasteiger partial charge on any atom is -0.234 e. The summed E-state index contributed by atoms with van der Waals surface area (Å²) >= 11 is 0. The zero-order chi connectivity index (χ0) is 9.68. The number of hydrogen-bond acceptors (Lipinski definition) is 1. The van der Waals surface area contributed by atoms with Crippen molar-refractivity contribution in [1.82, 2.24) is 4.57 Å². The Balaban J connectivity index is 2.90. The van der Waals surface area contributed by atoms with E-state index in [0.29, 0.717) is 6.54 Å². The van der Waals surface area contributed by atoms with Crippen molar-refractivity contribution in [2.24, 2.45) is 0 Å². The zero-order valence-electron chi connectivity index (χ0n) is 8.32. The number of hydrogen-bond donors (Lipinski definition) is 0. The van der Waals surface area contributed by atoms with Crippen molar-refractivity contribution in [2.45, 2.75) is 39.8 Å². The zero-order valence-corrected chi connectivity index (χ0v) is 8.32. The fraction of sp³-hybridized carbons (Fsp3) is 0.600. The molecule has 0 aliphatic carbocycles. The number of aryl methyl sites for hydroxylation is 1. The molecule has 0 aliphatic rings. The predicted molar refractivity (Wildman–Crippen MR) is 49.9 cm³/mol. The van der Waals surface area contributed by atoms with Gasteiger partial charge < -0.3 is 0 Å². The Morgan fingerprint density at radius 3 is 2.85 bits per heavy atom. The normalized spacial score (nSPS) is 9.92. The van der Waals surface area contributed by atoms with E-state index in [1.54, 1.807) is 0 Å². The van der Waals surface area contributed by atoms with Crippen LogP contribution >= 0.6 is 0 Å². The Morgan fingerprint density at radius 1 is 1.54 bits per heavy atom. The molecule has 1 heterocycles. The highest BCUT2D eigenvalue weighted by molar-refractivity contribution is 4.87. The Labute approximate surface area is 79.2 Å². The smallest absolute Gasteiger partial charge is 0.234 e. The summed E-state index contributed by atoms with van der Waals surface area (Å²) in [6.07, 6.45) is 6.15. The van der Waals surface area contributed by atoms with Crippen LogP contribution < -0.4 is 4.57 Å². The molecule has 0 fully saturated rings. The summed E-state index contributed by atoms with van der Waals surface area (Å²) in [5.41, 5.74) is 0. The summed E-state index contributed by atoms with van der Waals surface area (Å²) in [6, 6.07) is 2.16. The van der Waals surface area contributed by atoms with Gasteiger partial charge in [-0.05, 0) is 6.42 Å². The number of rotatable bonds is 4. The van der Waals surface area contributed by atoms with Crippen molar-refractivity contribution in [3.05, 3.63) is 18.2 Å². The van der Waals surface area contributed by atoms with Crippen LogP contribution in [0.5, 0.6) is 0 Å².